The monoisotopic (exact) mass is 500 g/mol. The van der Waals surface area contributed by atoms with Crippen LogP contribution >= 0.6 is 0 Å². The summed E-state index contributed by atoms with van der Waals surface area (Å²) in [4.78, 5) is 45.1. The van der Waals surface area contributed by atoms with Gasteiger partial charge in [-0.1, -0.05) is 5.92 Å². The van der Waals surface area contributed by atoms with Crippen molar-refractivity contribution in [3.8, 4) is 11.8 Å². The fourth-order valence-corrected chi connectivity index (χ4v) is 3.35. The Kier molecular flexibility index (Phi) is 9.10. The summed E-state index contributed by atoms with van der Waals surface area (Å²) in [6.07, 6.45) is -1.69. The standard InChI is InChI=1S/C19H26N6O3.C2HF3O2/c1-5-6-12-25-14-15(22-19(25)24-10-8-7-9-11-24)21-18(23(3)16(14)26)20-13(2)17(27)28-4;3-2(4,5)1(6)7/h13H,7-12H2,1-4H3,(H,20,21);(H,6,7). The first-order valence-electron chi connectivity index (χ1n) is 10.7. The SMILES string of the molecule is CC#CCn1c(N2CCCCC2)nc2nc(NC(C)C(=O)OC)n(C)c(=O)c21.O=C(O)C(F)(F)F. The number of carboxylic acid groups (broad SMARTS) is 1. The predicted molar refractivity (Wildman–Crippen MR) is 121 cm³/mol. The summed E-state index contributed by atoms with van der Waals surface area (Å²) in [6, 6.07) is -0.643. The molecular weight excluding hydrogens is 473 g/mol. The van der Waals surface area contributed by atoms with Crippen molar-refractivity contribution < 1.29 is 32.6 Å². The Morgan fingerprint density at radius 3 is 2.34 bits per heavy atom. The molecule has 0 spiro atoms. The lowest BCUT2D eigenvalue weighted by molar-refractivity contribution is -0.192. The van der Waals surface area contributed by atoms with Crippen LogP contribution in [0.4, 0.5) is 25.1 Å². The van der Waals surface area contributed by atoms with Crippen LogP contribution in [0.2, 0.25) is 0 Å². The molecule has 1 atom stereocenters. The molecule has 0 aromatic carbocycles. The molecule has 0 saturated carbocycles. The van der Waals surface area contributed by atoms with E-state index in [1.165, 1.54) is 18.1 Å². The zero-order chi connectivity index (χ0) is 26.3. The molecule has 1 saturated heterocycles. The molecule has 0 amide bonds. The number of carboxylic acids is 1. The van der Waals surface area contributed by atoms with Gasteiger partial charge in [0.2, 0.25) is 11.9 Å². The molecule has 0 bridgehead atoms. The second kappa shape index (κ2) is 11.6. The van der Waals surface area contributed by atoms with E-state index in [2.05, 4.69) is 32.0 Å². The maximum Gasteiger partial charge on any atom is 0.490 e. The molecule has 35 heavy (non-hydrogen) atoms. The first kappa shape index (κ1) is 27.5. The van der Waals surface area contributed by atoms with Crippen molar-refractivity contribution in [1.82, 2.24) is 19.1 Å². The zero-order valence-electron chi connectivity index (χ0n) is 19.8. The van der Waals surface area contributed by atoms with Gasteiger partial charge in [-0.2, -0.15) is 23.1 Å². The van der Waals surface area contributed by atoms with Gasteiger partial charge < -0.3 is 20.1 Å². The van der Waals surface area contributed by atoms with Crippen LogP contribution in [-0.2, 0) is 27.9 Å². The molecule has 0 radical (unpaired) electrons. The lowest BCUT2D eigenvalue weighted by atomic mass is 10.1. The van der Waals surface area contributed by atoms with E-state index in [1.54, 1.807) is 20.9 Å². The van der Waals surface area contributed by atoms with Crippen LogP contribution in [0.5, 0.6) is 0 Å². The van der Waals surface area contributed by atoms with Crippen LogP contribution in [0.3, 0.4) is 0 Å². The average Bonchev–Trinajstić information content (AvgIpc) is 3.18. The molecule has 11 nitrogen and oxygen atoms in total. The Morgan fingerprint density at radius 1 is 1.23 bits per heavy atom. The second-order valence-electron chi connectivity index (χ2n) is 7.64. The molecule has 2 aromatic heterocycles. The largest absolute Gasteiger partial charge is 0.490 e. The first-order chi connectivity index (χ1) is 16.4. The number of anilines is 2. The van der Waals surface area contributed by atoms with Crippen molar-refractivity contribution in [2.24, 2.45) is 7.05 Å². The summed E-state index contributed by atoms with van der Waals surface area (Å²) in [5, 5.41) is 10.1. The molecule has 192 valence electrons. The Labute approximate surface area is 198 Å². The van der Waals surface area contributed by atoms with Gasteiger partial charge in [-0.05, 0) is 33.1 Å². The number of hydrogen-bond acceptors (Lipinski definition) is 8. The predicted octanol–water partition coefficient (Wildman–Crippen LogP) is 1.75. The van der Waals surface area contributed by atoms with E-state index in [-0.39, 0.29) is 11.5 Å². The minimum Gasteiger partial charge on any atom is -0.475 e. The minimum atomic E-state index is -5.08. The molecule has 3 heterocycles. The fourth-order valence-electron chi connectivity index (χ4n) is 3.35. The number of nitrogens with zero attached hydrogens (tertiary/aromatic N) is 5. The highest BCUT2D eigenvalue weighted by atomic mass is 19.4. The summed E-state index contributed by atoms with van der Waals surface area (Å²) in [5.74, 6) is 3.71. The number of aromatic nitrogens is 4. The van der Waals surface area contributed by atoms with Crippen molar-refractivity contribution >= 4 is 35.0 Å². The molecule has 2 aromatic rings. The topological polar surface area (TPSA) is 132 Å². The molecular formula is C21H27F3N6O5. The maximum atomic E-state index is 13.1. The molecule has 3 rings (SSSR count). The summed E-state index contributed by atoms with van der Waals surface area (Å²) in [7, 11) is 2.93. The highest BCUT2D eigenvalue weighted by Gasteiger charge is 2.38. The number of fused-ring (bicyclic) bond motifs is 1. The zero-order valence-corrected chi connectivity index (χ0v) is 19.8. The summed E-state index contributed by atoms with van der Waals surface area (Å²) in [6.45, 7) is 5.59. The number of aliphatic carboxylic acids is 1. The molecule has 2 N–H and O–H groups in total. The van der Waals surface area contributed by atoms with E-state index in [0.29, 0.717) is 17.7 Å². The molecule has 1 aliphatic heterocycles. The number of halogens is 3. The van der Waals surface area contributed by atoms with Crippen LogP contribution in [0.25, 0.3) is 11.2 Å². The third kappa shape index (κ3) is 6.65. The number of hydrogen-bond donors (Lipinski definition) is 2. The number of piperidine rings is 1. The summed E-state index contributed by atoms with van der Waals surface area (Å²) >= 11 is 0. The number of alkyl halides is 3. The number of rotatable bonds is 5. The number of carbonyl (C=O) groups excluding carboxylic acids is 1. The molecule has 14 heteroatoms. The van der Waals surface area contributed by atoms with Crippen LogP contribution in [-0.4, -0.2) is 68.6 Å². The first-order valence-corrected chi connectivity index (χ1v) is 10.7. The number of ether oxygens (including phenoxy) is 1. The number of esters is 1. The molecule has 0 aliphatic carbocycles. The Morgan fingerprint density at radius 2 is 1.83 bits per heavy atom. The fraction of sp³-hybridized carbons (Fsp3) is 0.571. The van der Waals surface area contributed by atoms with Crippen molar-refractivity contribution in [2.75, 3.05) is 30.4 Å². The Hall–Kier alpha value is -3.76. The van der Waals surface area contributed by atoms with E-state index in [1.807, 2.05) is 4.57 Å². The van der Waals surface area contributed by atoms with Crippen molar-refractivity contribution in [2.45, 2.75) is 51.9 Å². The van der Waals surface area contributed by atoms with Gasteiger partial charge in [0.05, 0.1) is 13.7 Å². The van der Waals surface area contributed by atoms with Crippen LogP contribution in [0, 0.1) is 11.8 Å². The van der Waals surface area contributed by atoms with Crippen molar-refractivity contribution in [3.63, 3.8) is 0 Å². The highest BCUT2D eigenvalue weighted by molar-refractivity contribution is 5.79. The third-order valence-electron chi connectivity index (χ3n) is 5.16. The number of imidazole rings is 1. The van der Waals surface area contributed by atoms with Crippen LogP contribution in [0.15, 0.2) is 4.79 Å². The second-order valence-corrected chi connectivity index (χ2v) is 7.64. The molecule has 1 aliphatic rings. The number of nitrogens with one attached hydrogen (secondary N) is 1. The van der Waals surface area contributed by atoms with E-state index >= 15 is 0 Å². The minimum absolute atomic E-state index is 0.238. The summed E-state index contributed by atoms with van der Waals surface area (Å²) in [5.41, 5.74) is 0.529. The number of carbonyl (C=O) groups is 2. The normalized spacial score (nSPS) is 14.3. The number of methoxy groups -OCH3 is 1. The average molecular weight is 500 g/mol. The van der Waals surface area contributed by atoms with Gasteiger partial charge in [0.15, 0.2) is 11.2 Å². The van der Waals surface area contributed by atoms with Gasteiger partial charge in [0.1, 0.15) is 6.04 Å². The third-order valence-corrected chi connectivity index (χ3v) is 5.16. The quantitative estimate of drug-likeness (QED) is 0.466. The lowest BCUT2D eigenvalue weighted by Crippen LogP contribution is -2.33. The van der Waals surface area contributed by atoms with E-state index < -0.39 is 24.2 Å². The highest BCUT2D eigenvalue weighted by Crippen LogP contribution is 2.23. The van der Waals surface area contributed by atoms with E-state index in [0.717, 1.165) is 31.9 Å². The van der Waals surface area contributed by atoms with Crippen LogP contribution in [0.1, 0.15) is 33.1 Å². The lowest BCUT2D eigenvalue weighted by Gasteiger charge is -2.27. The van der Waals surface area contributed by atoms with E-state index in [9.17, 15) is 22.8 Å². The van der Waals surface area contributed by atoms with Crippen LogP contribution < -0.4 is 15.8 Å². The van der Waals surface area contributed by atoms with E-state index in [4.69, 9.17) is 14.6 Å². The Bertz CT molecular complexity index is 1190. The van der Waals surface area contributed by atoms with Gasteiger partial charge in [0.25, 0.3) is 5.56 Å². The van der Waals surface area contributed by atoms with Crippen molar-refractivity contribution in [1.29, 1.82) is 0 Å². The smallest absolute Gasteiger partial charge is 0.475 e. The molecule has 1 fully saturated rings. The summed E-state index contributed by atoms with van der Waals surface area (Å²) < 4.78 is 39.7. The Balaban J connectivity index is 0.000000540. The van der Waals surface area contributed by atoms with Gasteiger partial charge in [-0.25, -0.2) is 9.59 Å². The molecule has 1 unspecified atom stereocenters. The van der Waals surface area contributed by atoms with Crippen molar-refractivity contribution in [3.05, 3.63) is 10.4 Å². The van der Waals surface area contributed by atoms with Gasteiger partial charge in [-0.3, -0.25) is 13.9 Å². The van der Waals surface area contributed by atoms with Gasteiger partial charge in [-0.15, -0.1) is 5.92 Å². The van der Waals surface area contributed by atoms with Gasteiger partial charge in [0, 0.05) is 20.1 Å². The maximum absolute atomic E-state index is 13.1. The van der Waals surface area contributed by atoms with Gasteiger partial charge >= 0.3 is 18.1 Å².